The molecule has 2 heterocycles. The molecule has 0 aliphatic heterocycles. The molecule has 2 aromatic rings. The maximum absolute atomic E-state index is 9.89. The van der Waals surface area contributed by atoms with Crippen LogP contribution < -0.4 is 0 Å². The number of pyridine rings is 2. The van der Waals surface area contributed by atoms with Gasteiger partial charge in [-0.3, -0.25) is 4.98 Å². The van der Waals surface area contributed by atoms with Crippen LogP contribution in [-0.2, 0) is 5.60 Å². The summed E-state index contributed by atoms with van der Waals surface area (Å²) in [5.74, 6) is 0. The van der Waals surface area contributed by atoms with Gasteiger partial charge in [0.1, 0.15) is 10.2 Å². The molecule has 20 heavy (non-hydrogen) atoms. The van der Waals surface area contributed by atoms with Crippen LogP contribution in [0.4, 0.5) is 0 Å². The Balaban J connectivity index is 0.000000160. The van der Waals surface area contributed by atoms with E-state index in [0.29, 0.717) is 0 Å². The van der Waals surface area contributed by atoms with Crippen molar-refractivity contribution in [2.75, 3.05) is 0 Å². The summed E-state index contributed by atoms with van der Waals surface area (Å²) in [7, 11) is 0. The largest absolute Gasteiger partial charge is 0.384 e. The molecule has 3 nitrogen and oxygen atoms in total. The molecule has 6 heteroatoms. The van der Waals surface area contributed by atoms with E-state index in [0.717, 1.165) is 38.5 Å². The topological polar surface area (TPSA) is 46.0 Å². The van der Waals surface area contributed by atoms with Crippen molar-refractivity contribution < 1.29 is 5.11 Å². The zero-order valence-electron chi connectivity index (χ0n) is 10.6. The molecule has 1 aliphatic rings. The summed E-state index contributed by atoms with van der Waals surface area (Å²) in [6, 6.07) is 7.60. The number of aromatic nitrogens is 2. The molecule has 0 atom stereocenters. The van der Waals surface area contributed by atoms with Crippen LogP contribution in [0.1, 0.15) is 25.0 Å². The van der Waals surface area contributed by atoms with E-state index < -0.39 is 5.60 Å². The van der Waals surface area contributed by atoms with E-state index in [2.05, 4.69) is 57.8 Å². The highest BCUT2D eigenvalue weighted by Crippen LogP contribution is 2.39. The molecule has 1 fully saturated rings. The lowest BCUT2D eigenvalue weighted by Gasteiger charge is -2.35. The van der Waals surface area contributed by atoms with Crippen LogP contribution in [0.5, 0.6) is 0 Å². The molecule has 0 radical (unpaired) electrons. The maximum atomic E-state index is 9.89. The van der Waals surface area contributed by atoms with Gasteiger partial charge in [-0.2, -0.15) is 0 Å². The predicted molar refractivity (Wildman–Crippen MR) is 89.3 cm³/mol. The van der Waals surface area contributed by atoms with Gasteiger partial charge in [-0.1, -0.05) is 0 Å². The van der Waals surface area contributed by atoms with Crippen molar-refractivity contribution >= 4 is 47.8 Å². The molecule has 1 aliphatic carbocycles. The lowest BCUT2D eigenvalue weighted by atomic mass is 9.78. The van der Waals surface area contributed by atoms with Crippen molar-refractivity contribution in [3.63, 3.8) is 0 Å². The summed E-state index contributed by atoms with van der Waals surface area (Å²) < 4.78 is 2.82. The van der Waals surface area contributed by atoms with E-state index in [1.807, 2.05) is 24.3 Å². The number of nitrogens with zero attached hydrogens (tertiary/aromatic N) is 2. The average molecular weight is 465 g/mol. The number of rotatable bonds is 1. The van der Waals surface area contributed by atoms with Gasteiger partial charge in [-0.25, -0.2) is 4.98 Å². The molecule has 0 unspecified atom stereocenters. The summed E-state index contributed by atoms with van der Waals surface area (Å²) in [4.78, 5) is 8.12. The van der Waals surface area contributed by atoms with Crippen molar-refractivity contribution in [1.82, 2.24) is 9.97 Å². The molecule has 0 aromatic carbocycles. The SMILES string of the molecule is Brc1ccc(Br)nc1.OC1(c2ccc(Br)cn2)CCC1. The van der Waals surface area contributed by atoms with Crippen molar-refractivity contribution in [2.24, 2.45) is 0 Å². The van der Waals surface area contributed by atoms with Gasteiger partial charge in [0.25, 0.3) is 0 Å². The van der Waals surface area contributed by atoms with Gasteiger partial charge in [-0.05, 0) is 91.3 Å². The Bertz CT molecular complexity index is 533. The second-order valence-electron chi connectivity index (χ2n) is 4.55. The Morgan fingerprint density at radius 1 is 0.900 bits per heavy atom. The average Bonchev–Trinajstić information content (AvgIpc) is 2.41. The summed E-state index contributed by atoms with van der Waals surface area (Å²) >= 11 is 9.78. The Morgan fingerprint density at radius 3 is 1.85 bits per heavy atom. The predicted octanol–water partition coefficient (Wildman–Crippen LogP) is 4.82. The molecular formula is C14H13Br3N2O. The highest BCUT2D eigenvalue weighted by molar-refractivity contribution is 9.11. The monoisotopic (exact) mass is 462 g/mol. The fourth-order valence-electron chi connectivity index (χ4n) is 1.78. The fraction of sp³-hybridized carbons (Fsp3) is 0.286. The van der Waals surface area contributed by atoms with Crippen LogP contribution in [0.15, 0.2) is 50.2 Å². The molecule has 0 spiro atoms. The summed E-state index contributed by atoms with van der Waals surface area (Å²) in [6.07, 6.45) is 6.27. The molecule has 0 amide bonds. The van der Waals surface area contributed by atoms with Crippen LogP contribution in [0.25, 0.3) is 0 Å². The van der Waals surface area contributed by atoms with E-state index in [1.54, 1.807) is 12.4 Å². The van der Waals surface area contributed by atoms with Crippen molar-refractivity contribution in [2.45, 2.75) is 24.9 Å². The first-order valence-corrected chi connectivity index (χ1v) is 8.49. The molecule has 0 saturated heterocycles. The normalized spacial score (nSPS) is 15.8. The van der Waals surface area contributed by atoms with E-state index in [9.17, 15) is 5.11 Å². The van der Waals surface area contributed by atoms with Crippen LogP contribution in [-0.4, -0.2) is 15.1 Å². The van der Waals surface area contributed by atoms with Gasteiger partial charge in [-0.15, -0.1) is 0 Å². The van der Waals surface area contributed by atoms with E-state index >= 15 is 0 Å². The third-order valence-electron chi connectivity index (χ3n) is 3.08. The smallest absolute Gasteiger partial charge is 0.106 e. The summed E-state index contributed by atoms with van der Waals surface area (Å²) in [6.45, 7) is 0. The van der Waals surface area contributed by atoms with E-state index in [4.69, 9.17) is 0 Å². The van der Waals surface area contributed by atoms with Crippen LogP contribution in [0.3, 0.4) is 0 Å². The minimum Gasteiger partial charge on any atom is -0.384 e. The van der Waals surface area contributed by atoms with Crippen LogP contribution in [0, 0.1) is 0 Å². The van der Waals surface area contributed by atoms with Gasteiger partial charge < -0.3 is 5.11 Å². The van der Waals surface area contributed by atoms with E-state index in [1.165, 1.54) is 0 Å². The lowest BCUT2D eigenvalue weighted by molar-refractivity contribution is -0.0426. The van der Waals surface area contributed by atoms with Gasteiger partial charge in [0.15, 0.2) is 0 Å². The van der Waals surface area contributed by atoms with Crippen molar-refractivity contribution in [1.29, 1.82) is 0 Å². The highest BCUT2D eigenvalue weighted by Gasteiger charge is 2.37. The first-order valence-electron chi connectivity index (χ1n) is 6.11. The summed E-state index contributed by atoms with van der Waals surface area (Å²) in [5.41, 5.74) is 0.178. The number of aliphatic hydroxyl groups is 1. The third kappa shape index (κ3) is 4.35. The minimum absolute atomic E-state index is 0.624. The van der Waals surface area contributed by atoms with Crippen LogP contribution in [0.2, 0.25) is 0 Å². The summed E-state index contributed by atoms with van der Waals surface area (Å²) in [5, 5.41) is 9.89. The van der Waals surface area contributed by atoms with Crippen LogP contribution >= 0.6 is 47.8 Å². The fourth-order valence-corrected chi connectivity index (χ4v) is 2.48. The Morgan fingerprint density at radius 2 is 1.50 bits per heavy atom. The van der Waals surface area contributed by atoms with Gasteiger partial charge >= 0.3 is 0 Å². The highest BCUT2D eigenvalue weighted by atomic mass is 79.9. The Labute approximate surface area is 143 Å². The Hall–Kier alpha value is -0.300. The first-order chi connectivity index (χ1) is 9.49. The number of halogens is 3. The third-order valence-corrected chi connectivity index (χ3v) is 4.48. The van der Waals surface area contributed by atoms with Gasteiger partial charge in [0.2, 0.25) is 0 Å². The number of hydrogen-bond acceptors (Lipinski definition) is 3. The Kier molecular flexibility index (Phi) is 5.72. The number of hydrogen-bond donors (Lipinski definition) is 1. The van der Waals surface area contributed by atoms with Crippen molar-refractivity contribution in [3.8, 4) is 0 Å². The molecule has 2 aromatic heterocycles. The zero-order chi connectivity index (χ0) is 14.6. The first kappa shape index (κ1) is 16.1. The van der Waals surface area contributed by atoms with Gasteiger partial charge in [0, 0.05) is 21.3 Å². The minimum atomic E-state index is -0.624. The maximum Gasteiger partial charge on any atom is 0.106 e. The second kappa shape index (κ2) is 7.11. The molecule has 3 rings (SSSR count). The lowest BCUT2D eigenvalue weighted by Crippen LogP contribution is -2.34. The molecular weight excluding hydrogens is 452 g/mol. The molecule has 0 bridgehead atoms. The second-order valence-corrected chi connectivity index (χ2v) is 7.19. The zero-order valence-corrected chi connectivity index (χ0v) is 15.3. The standard InChI is InChI=1S/C9H10BrNO.C5H3Br2N/c10-7-2-3-8(11-6-7)9(12)4-1-5-9;6-4-1-2-5(7)8-3-4/h2-3,6,12H,1,4-5H2;1-3H. The van der Waals surface area contributed by atoms with Gasteiger partial charge in [0.05, 0.1) is 5.69 Å². The molecule has 106 valence electrons. The van der Waals surface area contributed by atoms with Crippen molar-refractivity contribution in [3.05, 3.63) is 55.9 Å². The molecule has 1 N–H and O–H groups in total. The van der Waals surface area contributed by atoms with E-state index in [-0.39, 0.29) is 0 Å². The quantitative estimate of drug-likeness (QED) is 0.615. The molecule has 1 saturated carbocycles.